The summed E-state index contributed by atoms with van der Waals surface area (Å²) in [5.74, 6) is -2.37. The Hall–Kier alpha value is -3.73. The Kier molecular flexibility index (Phi) is 5.59. The summed E-state index contributed by atoms with van der Waals surface area (Å²) in [6.45, 7) is 3.26. The molecule has 1 aliphatic heterocycles. The molecule has 8 heteroatoms. The van der Waals surface area contributed by atoms with E-state index in [1.807, 2.05) is 6.07 Å². The first-order valence-electron chi connectivity index (χ1n) is 8.80. The molecule has 29 heavy (non-hydrogen) atoms. The minimum absolute atomic E-state index is 0.0578. The van der Waals surface area contributed by atoms with E-state index in [1.165, 1.54) is 6.92 Å². The van der Waals surface area contributed by atoms with Gasteiger partial charge in [-0.1, -0.05) is 12.1 Å². The summed E-state index contributed by atoms with van der Waals surface area (Å²) in [5, 5.41) is 11.6. The highest BCUT2D eigenvalue weighted by Gasteiger charge is 2.37. The topological polar surface area (TPSA) is 82.4 Å². The molecule has 1 aliphatic rings. The Balaban J connectivity index is 2.14. The number of nitriles is 1. The Morgan fingerprint density at radius 1 is 1.21 bits per heavy atom. The van der Waals surface area contributed by atoms with Gasteiger partial charge in [0.1, 0.15) is 11.6 Å². The largest absolute Gasteiger partial charge is 0.463 e. The van der Waals surface area contributed by atoms with Crippen LogP contribution in [0.2, 0.25) is 0 Å². The van der Waals surface area contributed by atoms with Crippen LogP contribution < -0.4 is 10.2 Å². The lowest BCUT2D eigenvalue weighted by molar-refractivity contribution is -0.139. The van der Waals surface area contributed by atoms with E-state index in [0.717, 1.165) is 17.0 Å². The number of halogens is 2. The maximum absolute atomic E-state index is 13.7. The van der Waals surface area contributed by atoms with Gasteiger partial charge in [-0.2, -0.15) is 5.26 Å². The number of allylic oxidation sites excluding steroid dienone is 1. The molecule has 2 amide bonds. The van der Waals surface area contributed by atoms with Crippen LogP contribution in [0.5, 0.6) is 0 Å². The molecule has 0 aromatic heterocycles. The molecule has 2 aromatic carbocycles. The van der Waals surface area contributed by atoms with Gasteiger partial charge in [-0.05, 0) is 43.7 Å². The van der Waals surface area contributed by atoms with Crippen LogP contribution in [0.4, 0.5) is 19.3 Å². The number of benzene rings is 2. The van der Waals surface area contributed by atoms with E-state index >= 15 is 0 Å². The van der Waals surface area contributed by atoms with E-state index < -0.39 is 29.7 Å². The zero-order chi connectivity index (χ0) is 21.1. The van der Waals surface area contributed by atoms with E-state index in [9.17, 15) is 18.4 Å². The average Bonchev–Trinajstić information content (AvgIpc) is 2.67. The van der Waals surface area contributed by atoms with Crippen LogP contribution in [0.15, 0.2) is 53.7 Å². The van der Waals surface area contributed by atoms with Crippen LogP contribution in [-0.2, 0) is 9.53 Å². The highest BCUT2D eigenvalue weighted by Crippen LogP contribution is 2.34. The molecular formula is C21H17F2N3O3. The molecule has 0 spiro atoms. The highest BCUT2D eigenvalue weighted by molar-refractivity contribution is 6.03. The van der Waals surface area contributed by atoms with Gasteiger partial charge in [0.05, 0.1) is 35.5 Å². The minimum atomic E-state index is -0.854. The SMILES string of the molecule is CCOC(=O)C1=C(C)N(c2cc(F)cc(F)c2)C(=O)NC1c1ccc(C#N)cc1. The number of anilines is 1. The Bertz CT molecular complexity index is 1020. The maximum atomic E-state index is 13.7. The van der Waals surface area contributed by atoms with E-state index in [0.29, 0.717) is 17.2 Å². The Labute approximate surface area is 166 Å². The normalized spacial score (nSPS) is 16.3. The molecule has 148 valence electrons. The number of hydrogen-bond acceptors (Lipinski definition) is 4. The van der Waals surface area contributed by atoms with E-state index in [1.54, 1.807) is 31.2 Å². The van der Waals surface area contributed by atoms with Crippen molar-refractivity contribution in [1.82, 2.24) is 5.32 Å². The fraction of sp³-hybridized carbons (Fsp3) is 0.190. The number of amides is 2. The van der Waals surface area contributed by atoms with E-state index in [-0.39, 0.29) is 23.6 Å². The summed E-state index contributed by atoms with van der Waals surface area (Å²) in [7, 11) is 0. The standard InChI is InChI=1S/C21H17F2N3O3/c1-3-29-20(27)18-12(2)26(17-9-15(22)8-16(23)10-17)21(28)25-19(18)14-6-4-13(11-24)5-7-14/h4-10,19H,3H2,1-2H3,(H,25,28). The molecule has 0 aliphatic carbocycles. The number of urea groups is 1. The van der Waals surface area contributed by atoms with Gasteiger partial charge in [0, 0.05) is 11.8 Å². The molecule has 0 saturated heterocycles. The third-order valence-corrected chi connectivity index (χ3v) is 4.46. The second-order valence-electron chi connectivity index (χ2n) is 6.30. The smallest absolute Gasteiger partial charge is 0.338 e. The lowest BCUT2D eigenvalue weighted by Crippen LogP contribution is -2.48. The first kappa shape index (κ1) is 20.0. The van der Waals surface area contributed by atoms with Crippen LogP contribution in [0.3, 0.4) is 0 Å². The van der Waals surface area contributed by atoms with Crippen molar-refractivity contribution in [1.29, 1.82) is 5.26 Å². The molecule has 3 rings (SSSR count). The Morgan fingerprint density at radius 2 is 1.83 bits per heavy atom. The van der Waals surface area contributed by atoms with Crippen LogP contribution in [0.1, 0.15) is 31.0 Å². The van der Waals surface area contributed by atoms with Gasteiger partial charge in [-0.25, -0.2) is 18.4 Å². The number of nitrogens with zero attached hydrogens (tertiary/aromatic N) is 2. The number of esters is 1. The molecule has 1 N–H and O–H groups in total. The minimum Gasteiger partial charge on any atom is -0.463 e. The van der Waals surface area contributed by atoms with Crippen LogP contribution in [-0.4, -0.2) is 18.6 Å². The summed E-state index contributed by atoms with van der Waals surface area (Å²) in [6.07, 6.45) is 0. The summed E-state index contributed by atoms with van der Waals surface area (Å²) < 4.78 is 32.5. The number of nitrogens with one attached hydrogen (secondary N) is 1. The van der Waals surface area contributed by atoms with Gasteiger partial charge in [0.25, 0.3) is 0 Å². The first-order valence-corrected chi connectivity index (χ1v) is 8.80. The van der Waals surface area contributed by atoms with Crippen molar-refractivity contribution < 1.29 is 23.1 Å². The van der Waals surface area contributed by atoms with Gasteiger partial charge in [0.15, 0.2) is 0 Å². The predicted octanol–water partition coefficient (Wildman–Crippen LogP) is 3.94. The molecule has 6 nitrogen and oxygen atoms in total. The van der Waals surface area contributed by atoms with Crippen LogP contribution >= 0.6 is 0 Å². The van der Waals surface area contributed by atoms with E-state index in [2.05, 4.69) is 5.32 Å². The third-order valence-electron chi connectivity index (χ3n) is 4.46. The molecular weight excluding hydrogens is 380 g/mol. The lowest BCUT2D eigenvalue weighted by Gasteiger charge is -2.35. The van der Waals surface area contributed by atoms with Crippen LogP contribution in [0, 0.1) is 23.0 Å². The van der Waals surface area contributed by atoms with Crippen molar-refractivity contribution in [3.63, 3.8) is 0 Å². The molecule has 0 fully saturated rings. The average molecular weight is 397 g/mol. The number of carbonyl (C=O) groups is 2. The third kappa shape index (κ3) is 3.94. The quantitative estimate of drug-likeness (QED) is 0.792. The number of carbonyl (C=O) groups excluding carboxylic acids is 2. The number of ether oxygens (including phenoxy) is 1. The van der Waals surface area contributed by atoms with Crippen molar-refractivity contribution in [3.05, 3.63) is 76.5 Å². The molecule has 1 heterocycles. The fourth-order valence-electron chi connectivity index (χ4n) is 3.20. The highest BCUT2D eigenvalue weighted by atomic mass is 19.1. The molecule has 0 radical (unpaired) electrons. The molecule has 1 atom stereocenters. The van der Waals surface area contributed by atoms with Crippen molar-refractivity contribution >= 4 is 17.7 Å². The van der Waals surface area contributed by atoms with Gasteiger partial charge in [-0.3, -0.25) is 4.90 Å². The summed E-state index contributed by atoms with van der Waals surface area (Å²) in [5.41, 5.74) is 1.24. The lowest BCUT2D eigenvalue weighted by atomic mass is 9.94. The molecule has 0 bridgehead atoms. The summed E-state index contributed by atoms with van der Waals surface area (Å²) >= 11 is 0. The molecule has 0 saturated carbocycles. The Morgan fingerprint density at radius 3 is 2.38 bits per heavy atom. The second kappa shape index (κ2) is 8.10. The summed E-state index contributed by atoms with van der Waals surface area (Å²) in [6, 6.07) is 9.55. The van der Waals surface area contributed by atoms with Gasteiger partial charge in [0.2, 0.25) is 0 Å². The zero-order valence-electron chi connectivity index (χ0n) is 15.7. The summed E-state index contributed by atoms with van der Waals surface area (Å²) in [4.78, 5) is 26.5. The molecule has 2 aromatic rings. The van der Waals surface area contributed by atoms with Gasteiger partial charge in [-0.15, -0.1) is 0 Å². The second-order valence-corrected chi connectivity index (χ2v) is 6.30. The monoisotopic (exact) mass is 397 g/mol. The predicted molar refractivity (Wildman–Crippen MR) is 101 cm³/mol. The molecule has 1 unspecified atom stereocenters. The van der Waals surface area contributed by atoms with Gasteiger partial charge < -0.3 is 10.1 Å². The van der Waals surface area contributed by atoms with E-state index in [4.69, 9.17) is 10.00 Å². The van der Waals surface area contributed by atoms with Crippen molar-refractivity contribution in [2.45, 2.75) is 19.9 Å². The van der Waals surface area contributed by atoms with Crippen molar-refractivity contribution in [2.24, 2.45) is 0 Å². The maximum Gasteiger partial charge on any atom is 0.338 e. The zero-order valence-corrected chi connectivity index (χ0v) is 15.7. The number of hydrogen-bond donors (Lipinski definition) is 1. The van der Waals surface area contributed by atoms with Crippen LogP contribution in [0.25, 0.3) is 0 Å². The first-order chi connectivity index (χ1) is 13.8. The van der Waals surface area contributed by atoms with Crippen molar-refractivity contribution in [3.8, 4) is 6.07 Å². The van der Waals surface area contributed by atoms with Crippen molar-refractivity contribution in [2.75, 3.05) is 11.5 Å². The van der Waals surface area contributed by atoms with Gasteiger partial charge >= 0.3 is 12.0 Å². The number of rotatable bonds is 4. The fourth-order valence-corrected chi connectivity index (χ4v) is 3.20.